The molecule has 6 heteroatoms. The van der Waals surface area contributed by atoms with Crippen LogP contribution < -0.4 is 11.1 Å². The highest BCUT2D eigenvalue weighted by Crippen LogP contribution is 2.03. The number of nitrogens with one attached hydrogen (secondary N) is 1. The maximum absolute atomic E-state index is 5.77. The summed E-state index contributed by atoms with van der Waals surface area (Å²) < 4.78 is 1.77. The first-order valence-corrected chi connectivity index (χ1v) is 5.81. The van der Waals surface area contributed by atoms with Gasteiger partial charge in [0.25, 0.3) is 0 Å². The third kappa shape index (κ3) is 3.89. The number of hydrogen-bond donors (Lipinski definition) is 2. The van der Waals surface area contributed by atoms with E-state index < -0.39 is 0 Å². The summed E-state index contributed by atoms with van der Waals surface area (Å²) in [6.07, 6.45) is 4.37. The molecule has 0 saturated heterocycles. The average molecular weight is 244 g/mol. The Bertz CT molecular complexity index is 477. The van der Waals surface area contributed by atoms with Gasteiger partial charge in [-0.1, -0.05) is 23.4 Å². The highest BCUT2D eigenvalue weighted by Gasteiger charge is 1.94. The summed E-state index contributed by atoms with van der Waals surface area (Å²) in [5.74, 6) is 0.430. The van der Waals surface area contributed by atoms with Crippen molar-refractivity contribution in [1.29, 1.82) is 0 Å². The maximum atomic E-state index is 5.77. The number of guanidine groups is 1. The van der Waals surface area contributed by atoms with E-state index in [1.54, 1.807) is 10.9 Å². The molecule has 0 bridgehead atoms. The Balaban J connectivity index is 1.72. The summed E-state index contributed by atoms with van der Waals surface area (Å²) in [5, 5.41) is 10.6. The van der Waals surface area contributed by atoms with Crippen LogP contribution in [0.3, 0.4) is 0 Å². The van der Waals surface area contributed by atoms with Gasteiger partial charge < -0.3 is 11.1 Å². The normalized spacial score (nSPS) is 11.4. The number of aryl methyl sites for hydroxylation is 1. The van der Waals surface area contributed by atoms with Crippen LogP contribution in [0.2, 0.25) is 0 Å². The van der Waals surface area contributed by atoms with E-state index in [1.807, 2.05) is 36.5 Å². The molecular formula is C12H16N6. The highest BCUT2D eigenvalue weighted by molar-refractivity contribution is 5.92. The van der Waals surface area contributed by atoms with Gasteiger partial charge in [-0.15, -0.1) is 5.10 Å². The Hall–Kier alpha value is -2.37. The van der Waals surface area contributed by atoms with E-state index in [1.165, 1.54) is 0 Å². The number of aromatic nitrogens is 3. The molecule has 3 N–H and O–H groups in total. The van der Waals surface area contributed by atoms with Crippen LogP contribution in [0, 0.1) is 0 Å². The van der Waals surface area contributed by atoms with Gasteiger partial charge in [0.2, 0.25) is 0 Å². The highest BCUT2D eigenvalue weighted by atomic mass is 15.4. The molecule has 6 nitrogen and oxygen atoms in total. The molecule has 2 rings (SSSR count). The second kappa shape index (κ2) is 6.39. The van der Waals surface area contributed by atoms with Gasteiger partial charge in [-0.3, -0.25) is 9.67 Å². The zero-order valence-corrected chi connectivity index (χ0v) is 10.0. The quantitative estimate of drug-likeness (QED) is 0.469. The van der Waals surface area contributed by atoms with E-state index in [0.717, 1.165) is 18.7 Å². The molecule has 0 fully saturated rings. The fourth-order valence-corrected chi connectivity index (χ4v) is 1.49. The van der Waals surface area contributed by atoms with Crippen molar-refractivity contribution in [1.82, 2.24) is 15.0 Å². The molecule has 0 aliphatic rings. The number of nitrogens with two attached hydrogens (primary N) is 1. The zero-order valence-electron chi connectivity index (χ0n) is 10.0. The molecule has 0 amide bonds. The number of hydrogen-bond acceptors (Lipinski definition) is 3. The van der Waals surface area contributed by atoms with Crippen molar-refractivity contribution in [3.8, 4) is 0 Å². The van der Waals surface area contributed by atoms with Crippen LogP contribution in [0.5, 0.6) is 0 Å². The predicted octanol–water partition coefficient (Wildman–Crippen LogP) is 1.09. The van der Waals surface area contributed by atoms with Crippen molar-refractivity contribution >= 4 is 11.6 Å². The van der Waals surface area contributed by atoms with Crippen LogP contribution in [-0.4, -0.2) is 27.5 Å². The molecule has 94 valence electrons. The van der Waals surface area contributed by atoms with Crippen LogP contribution in [0.15, 0.2) is 47.7 Å². The molecule has 1 aromatic carbocycles. The summed E-state index contributed by atoms with van der Waals surface area (Å²) in [6.45, 7) is 1.45. The maximum Gasteiger partial charge on any atom is 0.193 e. The minimum atomic E-state index is 0.430. The molecule has 0 atom stereocenters. The van der Waals surface area contributed by atoms with Gasteiger partial charge in [0.05, 0.1) is 6.20 Å². The third-order valence-corrected chi connectivity index (χ3v) is 2.35. The Morgan fingerprint density at radius 2 is 2.17 bits per heavy atom. The zero-order chi connectivity index (χ0) is 12.6. The number of rotatable bonds is 5. The number of nitrogens with zero attached hydrogens (tertiary/aromatic N) is 4. The van der Waals surface area contributed by atoms with Crippen LogP contribution in [0.25, 0.3) is 0 Å². The Labute approximate surface area is 106 Å². The van der Waals surface area contributed by atoms with Gasteiger partial charge in [0.1, 0.15) is 0 Å². The molecule has 0 spiro atoms. The minimum Gasteiger partial charge on any atom is -0.370 e. The lowest BCUT2D eigenvalue weighted by Gasteiger charge is -2.04. The molecular weight excluding hydrogens is 228 g/mol. The average Bonchev–Trinajstić information content (AvgIpc) is 2.89. The first kappa shape index (κ1) is 12.1. The second-order valence-corrected chi connectivity index (χ2v) is 3.78. The van der Waals surface area contributed by atoms with Gasteiger partial charge in [0.15, 0.2) is 5.96 Å². The summed E-state index contributed by atoms with van der Waals surface area (Å²) >= 11 is 0. The van der Waals surface area contributed by atoms with Crippen LogP contribution in [0.4, 0.5) is 5.69 Å². The number of benzene rings is 1. The largest absolute Gasteiger partial charge is 0.370 e. The first-order valence-electron chi connectivity index (χ1n) is 5.81. The molecule has 18 heavy (non-hydrogen) atoms. The van der Waals surface area contributed by atoms with E-state index in [2.05, 4.69) is 20.6 Å². The van der Waals surface area contributed by atoms with Crippen molar-refractivity contribution in [2.24, 2.45) is 10.7 Å². The van der Waals surface area contributed by atoms with Gasteiger partial charge in [-0.05, 0) is 18.6 Å². The molecule has 0 radical (unpaired) electrons. The van der Waals surface area contributed by atoms with Crippen LogP contribution >= 0.6 is 0 Å². The molecule has 0 saturated carbocycles. The standard InChI is InChI=1S/C12H16N6/c13-12(16-11-5-2-1-3-6-11)14-7-4-9-18-10-8-15-17-18/h1-3,5-6,8,10H,4,7,9H2,(H3,13,14,16). The lowest BCUT2D eigenvalue weighted by atomic mass is 10.3. The molecule has 1 heterocycles. The smallest absolute Gasteiger partial charge is 0.193 e. The lowest BCUT2D eigenvalue weighted by molar-refractivity contribution is 0.564. The summed E-state index contributed by atoms with van der Waals surface area (Å²) in [6, 6.07) is 9.73. The second-order valence-electron chi connectivity index (χ2n) is 3.78. The van der Waals surface area contributed by atoms with Crippen molar-refractivity contribution in [3.63, 3.8) is 0 Å². The molecule has 0 aliphatic carbocycles. The van der Waals surface area contributed by atoms with Crippen molar-refractivity contribution in [3.05, 3.63) is 42.7 Å². The number of para-hydroxylation sites is 1. The predicted molar refractivity (Wildman–Crippen MR) is 71.2 cm³/mol. The SMILES string of the molecule is NC(=NCCCn1ccnn1)Nc1ccccc1. The van der Waals surface area contributed by atoms with Crippen molar-refractivity contribution < 1.29 is 0 Å². The van der Waals surface area contributed by atoms with E-state index in [0.29, 0.717) is 12.5 Å². The third-order valence-electron chi connectivity index (χ3n) is 2.35. The number of anilines is 1. The molecule has 1 aromatic heterocycles. The summed E-state index contributed by atoms with van der Waals surface area (Å²) in [7, 11) is 0. The number of aliphatic imine (C=N–C) groups is 1. The fourth-order valence-electron chi connectivity index (χ4n) is 1.49. The lowest BCUT2D eigenvalue weighted by Crippen LogP contribution is -2.22. The Morgan fingerprint density at radius 3 is 2.89 bits per heavy atom. The van der Waals surface area contributed by atoms with Gasteiger partial charge in [0, 0.05) is 25.0 Å². The van der Waals surface area contributed by atoms with E-state index in [-0.39, 0.29) is 0 Å². The first-order chi connectivity index (χ1) is 8.84. The topological polar surface area (TPSA) is 81.1 Å². The monoisotopic (exact) mass is 244 g/mol. The van der Waals surface area contributed by atoms with E-state index in [9.17, 15) is 0 Å². The minimum absolute atomic E-state index is 0.430. The van der Waals surface area contributed by atoms with E-state index in [4.69, 9.17) is 5.73 Å². The fraction of sp³-hybridized carbons (Fsp3) is 0.250. The molecule has 0 unspecified atom stereocenters. The van der Waals surface area contributed by atoms with Crippen LogP contribution in [-0.2, 0) is 6.54 Å². The van der Waals surface area contributed by atoms with E-state index >= 15 is 0 Å². The van der Waals surface area contributed by atoms with Crippen molar-refractivity contribution in [2.75, 3.05) is 11.9 Å². The Kier molecular flexibility index (Phi) is 4.29. The molecule has 0 aliphatic heterocycles. The van der Waals surface area contributed by atoms with Gasteiger partial charge >= 0.3 is 0 Å². The summed E-state index contributed by atoms with van der Waals surface area (Å²) in [5.41, 5.74) is 6.71. The molecule has 2 aromatic rings. The summed E-state index contributed by atoms with van der Waals surface area (Å²) in [4.78, 5) is 4.24. The van der Waals surface area contributed by atoms with Crippen molar-refractivity contribution in [2.45, 2.75) is 13.0 Å². The Morgan fingerprint density at radius 1 is 1.33 bits per heavy atom. The van der Waals surface area contributed by atoms with Gasteiger partial charge in [-0.2, -0.15) is 0 Å². The van der Waals surface area contributed by atoms with Crippen LogP contribution in [0.1, 0.15) is 6.42 Å². The van der Waals surface area contributed by atoms with Gasteiger partial charge in [-0.25, -0.2) is 0 Å².